The van der Waals surface area contributed by atoms with E-state index in [0.717, 1.165) is 23.3 Å². The zero-order valence-corrected chi connectivity index (χ0v) is 13.1. The van der Waals surface area contributed by atoms with E-state index in [1.54, 1.807) is 0 Å². The van der Waals surface area contributed by atoms with E-state index in [2.05, 4.69) is 69.7 Å². The number of hydrogen-bond acceptors (Lipinski definition) is 3. The average Bonchev–Trinajstić information content (AvgIpc) is 2.71. The van der Waals surface area contributed by atoms with E-state index in [4.69, 9.17) is 0 Å². The molecule has 19 heavy (non-hydrogen) atoms. The fraction of sp³-hybridized carbons (Fsp3) is 0.429. The van der Waals surface area contributed by atoms with E-state index >= 15 is 0 Å². The molecule has 0 amide bonds. The van der Waals surface area contributed by atoms with Gasteiger partial charge in [-0.1, -0.05) is 42.0 Å². The van der Waals surface area contributed by atoms with Gasteiger partial charge in [0.05, 0.1) is 11.7 Å². The van der Waals surface area contributed by atoms with Crippen molar-refractivity contribution in [2.24, 2.45) is 7.05 Å². The lowest BCUT2D eigenvalue weighted by Gasteiger charge is -2.19. The normalized spacial score (nSPS) is 12.6. The Balaban J connectivity index is 2.41. The van der Waals surface area contributed by atoms with Crippen LogP contribution in [-0.4, -0.2) is 21.5 Å². The molecule has 5 heteroatoms. The molecule has 1 aromatic heterocycles. The Morgan fingerprint density at radius 2 is 2.21 bits per heavy atom. The molecule has 102 valence electrons. The molecule has 0 aliphatic heterocycles. The number of hydrogen-bond donors (Lipinski definition) is 1. The van der Waals surface area contributed by atoms with Gasteiger partial charge in [-0.25, -0.2) is 4.68 Å². The van der Waals surface area contributed by atoms with E-state index in [-0.39, 0.29) is 6.04 Å². The van der Waals surface area contributed by atoms with Crippen LogP contribution in [0.5, 0.6) is 0 Å². The van der Waals surface area contributed by atoms with Crippen molar-refractivity contribution in [3.8, 4) is 0 Å². The van der Waals surface area contributed by atoms with Crippen LogP contribution in [0.4, 0.5) is 0 Å². The molecule has 0 spiro atoms. The summed E-state index contributed by atoms with van der Waals surface area (Å²) in [7, 11) is 1.92. The highest BCUT2D eigenvalue weighted by Crippen LogP contribution is 2.27. The molecule has 1 heterocycles. The molecule has 0 aliphatic carbocycles. The van der Waals surface area contributed by atoms with Crippen LogP contribution in [0.15, 0.2) is 28.9 Å². The Hall–Kier alpha value is -1.20. The van der Waals surface area contributed by atoms with Crippen LogP contribution < -0.4 is 5.32 Å². The number of halogens is 1. The predicted molar refractivity (Wildman–Crippen MR) is 80.0 cm³/mol. The van der Waals surface area contributed by atoms with Gasteiger partial charge in [0.1, 0.15) is 0 Å². The zero-order valence-electron chi connectivity index (χ0n) is 11.5. The van der Waals surface area contributed by atoms with Gasteiger partial charge in [-0.3, -0.25) is 0 Å². The Morgan fingerprint density at radius 1 is 1.42 bits per heavy atom. The highest BCUT2D eigenvalue weighted by atomic mass is 79.9. The molecule has 1 atom stereocenters. The lowest BCUT2D eigenvalue weighted by Crippen LogP contribution is -2.25. The zero-order chi connectivity index (χ0) is 13.8. The van der Waals surface area contributed by atoms with Crippen molar-refractivity contribution in [2.45, 2.75) is 26.3 Å². The van der Waals surface area contributed by atoms with Crippen molar-refractivity contribution >= 4 is 15.9 Å². The van der Waals surface area contributed by atoms with Crippen LogP contribution in [0, 0.1) is 6.92 Å². The SMILES string of the molecule is CCCNC(c1cccc(C)c1)c1c(Br)nnn1C. The highest BCUT2D eigenvalue weighted by molar-refractivity contribution is 9.10. The highest BCUT2D eigenvalue weighted by Gasteiger charge is 2.21. The first-order valence-corrected chi connectivity index (χ1v) is 7.27. The maximum Gasteiger partial charge on any atom is 0.153 e. The quantitative estimate of drug-likeness (QED) is 0.920. The number of rotatable bonds is 5. The van der Waals surface area contributed by atoms with Crippen LogP contribution in [0.3, 0.4) is 0 Å². The topological polar surface area (TPSA) is 42.7 Å². The monoisotopic (exact) mass is 322 g/mol. The van der Waals surface area contributed by atoms with Crippen molar-refractivity contribution in [1.29, 1.82) is 0 Å². The summed E-state index contributed by atoms with van der Waals surface area (Å²) in [5.41, 5.74) is 3.55. The number of aryl methyl sites for hydroxylation is 2. The van der Waals surface area contributed by atoms with Crippen LogP contribution >= 0.6 is 15.9 Å². The molecule has 0 bridgehead atoms. The number of benzene rings is 1. The van der Waals surface area contributed by atoms with Crippen LogP contribution in [0.25, 0.3) is 0 Å². The third-order valence-electron chi connectivity index (χ3n) is 3.07. The summed E-state index contributed by atoms with van der Waals surface area (Å²) in [6.07, 6.45) is 1.09. The third-order valence-corrected chi connectivity index (χ3v) is 3.64. The molecule has 4 nitrogen and oxygen atoms in total. The number of nitrogens with one attached hydrogen (secondary N) is 1. The van der Waals surface area contributed by atoms with Gasteiger partial charge in [-0.05, 0) is 41.4 Å². The van der Waals surface area contributed by atoms with Crippen molar-refractivity contribution in [2.75, 3.05) is 6.54 Å². The van der Waals surface area contributed by atoms with Gasteiger partial charge < -0.3 is 5.32 Å². The van der Waals surface area contributed by atoms with E-state index in [9.17, 15) is 0 Å². The predicted octanol–water partition coefficient (Wildman–Crippen LogP) is 2.98. The fourth-order valence-electron chi connectivity index (χ4n) is 2.16. The minimum Gasteiger partial charge on any atom is -0.305 e. The van der Waals surface area contributed by atoms with Gasteiger partial charge in [0.25, 0.3) is 0 Å². The summed E-state index contributed by atoms with van der Waals surface area (Å²) in [6.45, 7) is 5.23. The molecule has 0 saturated carbocycles. The average molecular weight is 323 g/mol. The molecular formula is C14H19BrN4. The van der Waals surface area contributed by atoms with Gasteiger partial charge >= 0.3 is 0 Å². The second kappa shape index (κ2) is 6.30. The van der Waals surface area contributed by atoms with E-state index in [1.165, 1.54) is 11.1 Å². The van der Waals surface area contributed by atoms with Crippen LogP contribution in [-0.2, 0) is 7.05 Å². The molecule has 1 aromatic carbocycles. The van der Waals surface area contributed by atoms with Gasteiger partial charge in [-0.15, -0.1) is 5.10 Å². The van der Waals surface area contributed by atoms with Crippen LogP contribution in [0.1, 0.15) is 36.2 Å². The van der Waals surface area contributed by atoms with Crippen molar-refractivity contribution in [3.63, 3.8) is 0 Å². The maximum absolute atomic E-state index is 4.08. The minimum absolute atomic E-state index is 0.106. The summed E-state index contributed by atoms with van der Waals surface area (Å²) < 4.78 is 2.62. The Kier molecular flexibility index (Phi) is 4.71. The molecule has 1 unspecified atom stereocenters. The second-order valence-corrected chi connectivity index (χ2v) is 5.44. The molecule has 0 radical (unpaired) electrons. The van der Waals surface area contributed by atoms with Crippen molar-refractivity contribution in [3.05, 3.63) is 45.7 Å². The number of nitrogens with zero attached hydrogens (tertiary/aromatic N) is 3. The molecule has 0 saturated heterocycles. The van der Waals surface area contributed by atoms with Crippen molar-refractivity contribution in [1.82, 2.24) is 20.3 Å². The number of aromatic nitrogens is 3. The molecule has 0 aliphatic rings. The van der Waals surface area contributed by atoms with Crippen LogP contribution in [0.2, 0.25) is 0 Å². The molecular weight excluding hydrogens is 304 g/mol. The maximum atomic E-state index is 4.08. The Bertz CT molecular complexity index is 531. The molecule has 0 fully saturated rings. The largest absolute Gasteiger partial charge is 0.305 e. The molecule has 2 rings (SSSR count). The van der Waals surface area contributed by atoms with Gasteiger partial charge in [-0.2, -0.15) is 0 Å². The summed E-state index contributed by atoms with van der Waals surface area (Å²) in [5, 5.41) is 11.7. The molecule has 2 aromatic rings. The summed E-state index contributed by atoms with van der Waals surface area (Å²) in [6, 6.07) is 8.64. The first-order valence-electron chi connectivity index (χ1n) is 6.48. The minimum atomic E-state index is 0.106. The lowest BCUT2D eigenvalue weighted by atomic mass is 10.0. The van der Waals surface area contributed by atoms with Gasteiger partial charge in [0.2, 0.25) is 0 Å². The van der Waals surface area contributed by atoms with Crippen molar-refractivity contribution < 1.29 is 0 Å². The standard InChI is InChI=1S/C14H19BrN4/c1-4-8-16-12(11-7-5-6-10(2)9-11)13-14(15)17-18-19(13)3/h5-7,9,12,16H,4,8H2,1-3H3. The van der Waals surface area contributed by atoms with Gasteiger partial charge in [0, 0.05) is 7.05 Å². The summed E-state index contributed by atoms with van der Waals surface area (Å²) in [5.74, 6) is 0. The van der Waals surface area contributed by atoms with Gasteiger partial charge in [0.15, 0.2) is 4.60 Å². The smallest absolute Gasteiger partial charge is 0.153 e. The van der Waals surface area contributed by atoms with E-state index in [0.29, 0.717) is 0 Å². The lowest BCUT2D eigenvalue weighted by molar-refractivity contribution is 0.549. The summed E-state index contributed by atoms with van der Waals surface area (Å²) >= 11 is 3.49. The summed E-state index contributed by atoms with van der Waals surface area (Å²) in [4.78, 5) is 0. The van der Waals surface area contributed by atoms with E-state index < -0.39 is 0 Å². The molecule has 1 N–H and O–H groups in total. The fourth-order valence-corrected chi connectivity index (χ4v) is 2.71. The second-order valence-electron chi connectivity index (χ2n) is 4.69. The third kappa shape index (κ3) is 3.22. The Labute approximate surface area is 122 Å². The van der Waals surface area contributed by atoms with E-state index in [1.807, 2.05) is 11.7 Å². The first kappa shape index (κ1) is 14.2. The Morgan fingerprint density at radius 3 is 2.79 bits per heavy atom. The first-order chi connectivity index (χ1) is 9.13.